The van der Waals surface area contributed by atoms with Gasteiger partial charge in [-0.3, -0.25) is 4.21 Å². The van der Waals surface area contributed by atoms with Crippen LogP contribution in [0.4, 0.5) is 5.69 Å². The average molecular weight is 553 g/mol. The Bertz CT molecular complexity index is 1330. The monoisotopic (exact) mass is 552 g/mol. The number of hydrogen-bond acceptors (Lipinski definition) is 10. The molecule has 0 fully saturated rings. The maximum absolute atomic E-state index is 12.9. The Morgan fingerprint density at radius 1 is 1.23 bits per heavy atom. The van der Waals surface area contributed by atoms with Crippen LogP contribution in [0.15, 0.2) is 46.1 Å². The van der Waals surface area contributed by atoms with Crippen molar-refractivity contribution in [3.05, 3.63) is 41.9 Å². The molecule has 0 aliphatic heterocycles. The Hall–Kier alpha value is -2.31. The molecule has 4 aromatic rings. The summed E-state index contributed by atoms with van der Waals surface area (Å²) in [7, 11) is -3.99. The van der Waals surface area contributed by atoms with Crippen molar-refractivity contribution in [1.82, 2.24) is 9.97 Å². The van der Waals surface area contributed by atoms with Crippen molar-refractivity contribution in [3.63, 3.8) is 0 Å². The van der Waals surface area contributed by atoms with Crippen molar-refractivity contribution in [2.45, 2.75) is 24.0 Å². The minimum Gasteiger partial charge on any atom is -0.491 e. The average Bonchev–Trinajstić information content (AvgIpc) is 3.51. The maximum atomic E-state index is 12.9. The number of pyridine rings is 1. The van der Waals surface area contributed by atoms with E-state index in [9.17, 15) is 8.77 Å². The molecule has 3 N–H and O–H groups in total. The summed E-state index contributed by atoms with van der Waals surface area (Å²) >= 11 is 2.87. The van der Waals surface area contributed by atoms with Gasteiger partial charge in [-0.05, 0) is 35.7 Å². The molecule has 3 heterocycles. The van der Waals surface area contributed by atoms with Crippen molar-refractivity contribution in [1.29, 1.82) is 0 Å². The highest BCUT2D eigenvalue weighted by Gasteiger charge is 2.21. The van der Waals surface area contributed by atoms with Crippen LogP contribution in [-0.4, -0.2) is 38.0 Å². The fraction of sp³-hybridized carbons (Fsp3) is 0.273. The molecule has 184 valence electrons. The van der Waals surface area contributed by atoms with E-state index in [2.05, 4.69) is 21.5 Å². The lowest BCUT2D eigenvalue weighted by molar-refractivity contribution is -0.211. The number of thiazole rings is 1. The highest BCUT2D eigenvalue weighted by molar-refractivity contribution is 7.87. The summed E-state index contributed by atoms with van der Waals surface area (Å²) in [6.45, 7) is 2.20. The molecule has 4 rings (SSSR count). The van der Waals surface area contributed by atoms with E-state index in [0.29, 0.717) is 21.4 Å². The first-order valence-electron chi connectivity index (χ1n) is 10.7. The second-order valence-electron chi connectivity index (χ2n) is 7.29. The van der Waals surface area contributed by atoms with Gasteiger partial charge in [-0.25, -0.2) is 9.97 Å². The van der Waals surface area contributed by atoms with Crippen LogP contribution in [-0.2, 0) is 24.9 Å². The molecule has 9 nitrogen and oxygen atoms in total. The number of thiophene rings is 1. The first-order valence-corrected chi connectivity index (χ1v) is 14.8. The summed E-state index contributed by atoms with van der Waals surface area (Å²) < 4.78 is 33.7. The van der Waals surface area contributed by atoms with Crippen molar-refractivity contribution >= 4 is 57.6 Å². The number of nitrogens with zero attached hydrogens (tertiary/aromatic N) is 2. The van der Waals surface area contributed by atoms with E-state index in [4.69, 9.17) is 20.3 Å². The zero-order chi connectivity index (χ0) is 24.8. The topological polar surface area (TPSA) is 134 Å². The molecule has 0 bridgehead atoms. The Kier molecular flexibility index (Phi) is 8.90. The van der Waals surface area contributed by atoms with Crippen LogP contribution in [0.1, 0.15) is 19.8 Å². The summed E-state index contributed by atoms with van der Waals surface area (Å²) in [5, 5.41) is 3.47. The highest BCUT2D eigenvalue weighted by Crippen LogP contribution is 2.43. The Morgan fingerprint density at radius 3 is 2.71 bits per heavy atom. The van der Waals surface area contributed by atoms with Crippen LogP contribution in [0.25, 0.3) is 32.0 Å². The van der Waals surface area contributed by atoms with Crippen LogP contribution in [0.2, 0.25) is 0 Å². The second-order valence-corrected chi connectivity index (χ2v) is 11.6. The molecular weight excluding hydrogens is 529 g/mol. The van der Waals surface area contributed by atoms with Gasteiger partial charge in [-0.1, -0.05) is 25.5 Å². The Balaban J connectivity index is 1.66. The molecule has 0 aliphatic rings. The van der Waals surface area contributed by atoms with E-state index in [0.717, 1.165) is 44.9 Å². The van der Waals surface area contributed by atoms with Gasteiger partial charge in [-0.2, -0.15) is 4.89 Å². The van der Waals surface area contributed by atoms with Gasteiger partial charge in [0.15, 0.2) is 0 Å². The second kappa shape index (κ2) is 12.1. The van der Waals surface area contributed by atoms with Gasteiger partial charge in [0.2, 0.25) is 0 Å². The normalized spacial score (nSPS) is 12.7. The molecule has 0 saturated heterocycles. The number of fused-ring (bicyclic) bond motifs is 1. The minimum absolute atomic E-state index is 0.00504. The number of ether oxygens (including phenoxy) is 1. The summed E-state index contributed by atoms with van der Waals surface area (Å²) in [5.41, 5.74) is 9.55. The maximum Gasteiger partial charge on any atom is 0.725 e. The molecule has 0 spiro atoms. The lowest BCUT2D eigenvalue weighted by Crippen LogP contribution is -2.05. The third-order valence-corrected chi connectivity index (χ3v) is 8.95. The molecule has 2 atom stereocenters. The molecule has 3 aromatic heterocycles. The minimum atomic E-state index is -2.81. The summed E-state index contributed by atoms with van der Waals surface area (Å²) in [6, 6.07) is 9.38. The van der Waals surface area contributed by atoms with Crippen molar-refractivity contribution in [2.24, 2.45) is 0 Å². The van der Waals surface area contributed by atoms with E-state index in [1.54, 1.807) is 18.3 Å². The molecule has 0 saturated carbocycles. The van der Waals surface area contributed by atoms with Gasteiger partial charge in [-0.15, -0.1) is 27.6 Å². The van der Waals surface area contributed by atoms with E-state index >= 15 is 0 Å². The molecule has 2 unspecified atom stereocenters. The highest BCUT2D eigenvalue weighted by atomic mass is 32.2. The number of hydrogen-bond donors (Lipinski definition) is 2. The number of anilines is 1. The van der Waals surface area contributed by atoms with Gasteiger partial charge < -0.3 is 10.5 Å². The van der Waals surface area contributed by atoms with Crippen LogP contribution >= 0.6 is 30.9 Å². The van der Waals surface area contributed by atoms with Gasteiger partial charge in [0, 0.05) is 27.3 Å². The Morgan fingerprint density at radius 2 is 2.03 bits per heavy atom. The van der Waals surface area contributed by atoms with E-state index < -0.39 is 19.1 Å². The zero-order valence-electron chi connectivity index (χ0n) is 18.7. The predicted molar refractivity (Wildman–Crippen MR) is 139 cm³/mol. The van der Waals surface area contributed by atoms with Crippen LogP contribution < -0.4 is 10.5 Å². The van der Waals surface area contributed by atoms with E-state index in [-0.39, 0.29) is 13.2 Å². The third kappa shape index (κ3) is 6.28. The number of nitrogens with two attached hydrogens (primary N) is 1. The van der Waals surface area contributed by atoms with Crippen molar-refractivity contribution in [3.8, 4) is 27.6 Å². The third-order valence-electron chi connectivity index (χ3n) is 4.92. The van der Waals surface area contributed by atoms with Crippen LogP contribution in [0.3, 0.4) is 0 Å². The standard InChI is InChI=1S/C22H22N3O6PS3/c1-2-3-12-35(28)22-19(23)18-16(13-17(25-21(18)34-22)20-24-8-11-33-20)14-4-6-15(7-5-14)29-9-10-30-31-32(26)27/h4-8,11,13H,2-3,9-10,12,23H2,1H3/p+1. The lowest BCUT2D eigenvalue weighted by Gasteiger charge is -2.09. The zero-order valence-corrected chi connectivity index (χ0v) is 22.1. The van der Waals surface area contributed by atoms with Gasteiger partial charge in [0.25, 0.3) is 0 Å². The smallest absolute Gasteiger partial charge is 0.491 e. The predicted octanol–water partition coefficient (Wildman–Crippen LogP) is 5.55. The van der Waals surface area contributed by atoms with Crippen molar-refractivity contribution in [2.75, 3.05) is 24.7 Å². The number of rotatable bonds is 12. The number of aromatic nitrogens is 2. The quantitative estimate of drug-likeness (QED) is 0.100. The fourth-order valence-electron chi connectivity index (χ4n) is 3.33. The van der Waals surface area contributed by atoms with Crippen molar-refractivity contribution < 1.29 is 28.0 Å². The molecule has 0 aliphatic carbocycles. The van der Waals surface area contributed by atoms with Gasteiger partial charge >= 0.3 is 8.25 Å². The van der Waals surface area contributed by atoms with Crippen LogP contribution in [0.5, 0.6) is 5.75 Å². The van der Waals surface area contributed by atoms with E-state index in [1.165, 1.54) is 22.7 Å². The molecule has 1 aromatic carbocycles. The Labute approximate surface area is 213 Å². The summed E-state index contributed by atoms with van der Waals surface area (Å²) in [5.74, 6) is 1.16. The van der Waals surface area contributed by atoms with Gasteiger partial charge in [0.1, 0.15) is 38.7 Å². The number of benzene rings is 1. The number of unbranched alkanes of at least 4 members (excludes halogenated alkanes) is 1. The first-order chi connectivity index (χ1) is 17.0. The molecular formula is C22H23N3O6PS3+. The summed E-state index contributed by atoms with van der Waals surface area (Å²) in [6.07, 6.45) is 3.56. The molecule has 0 radical (unpaired) electrons. The largest absolute Gasteiger partial charge is 0.725 e. The van der Waals surface area contributed by atoms with Crippen LogP contribution in [0, 0.1) is 0 Å². The van der Waals surface area contributed by atoms with Gasteiger partial charge in [0.05, 0.1) is 21.2 Å². The fourth-order valence-corrected chi connectivity index (χ4v) is 6.89. The molecule has 13 heteroatoms. The SMILES string of the molecule is CCCCS(=O)c1sc2nc(-c3nccs3)cc(-c3ccc(OCCOO[P+](=O)O)cc3)c2c1N. The first kappa shape index (κ1) is 25.8. The molecule has 0 amide bonds. The number of nitrogen functional groups attached to an aromatic ring is 1. The van der Waals surface area contributed by atoms with E-state index in [1.807, 2.05) is 23.6 Å². The lowest BCUT2D eigenvalue weighted by atomic mass is 10.0. The molecule has 35 heavy (non-hydrogen) atoms. The summed E-state index contributed by atoms with van der Waals surface area (Å²) in [4.78, 5) is 23.0.